The number of hydrogen-bond donors (Lipinski definition) is 0. The third kappa shape index (κ3) is 2.94. The smallest absolute Gasteiger partial charge is 0.250 e. The molecule has 0 aromatic carbocycles. The summed E-state index contributed by atoms with van der Waals surface area (Å²) in [7, 11) is -0.650. The normalized spacial score (nSPS) is 11.8. The largest absolute Gasteiger partial charge is 0.310 e. The predicted octanol–water partition coefficient (Wildman–Crippen LogP) is 0.542. The fraction of sp³-hybridized carbons (Fsp3) is 0.231. The monoisotopic (exact) mass is 293 g/mol. The van der Waals surface area contributed by atoms with Crippen LogP contribution in [0.15, 0.2) is 52.5 Å². The van der Waals surface area contributed by atoms with Crippen molar-refractivity contribution < 1.29 is 8.42 Å². The molecule has 0 atom stereocenters. The van der Waals surface area contributed by atoms with Gasteiger partial charge in [-0.05, 0) is 17.7 Å². The van der Waals surface area contributed by atoms with Crippen molar-refractivity contribution in [2.24, 2.45) is 0 Å². The van der Waals surface area contributed by atoms with Crippen molar-refractivity contribution in [1.29, 1.82) is 0 Å². The van der Waals surface area contributed by atoms with Crippen LogP contribution in [0.5, 0.6) is 0 Å². The van der Waals surface area contributed by atoms with E-state index in [1.165, 1.54) is 37.0 Å². The summed E-state index contributed by atoms with van der Waals surface area (Å²) < 4.78 is 26.6. The summed E-state index contributed by atoms with van der Waals surface area (Å²) in [4.78, 5) is 15.9. The van der Waals surface area contributed by atoms with Gasteiger partial charge in [-0.3, -0.25) is 9.78 Å². The maximum Gasteiger partial charge on any atom is 0.250 e. The Kier molecular flexibility index (Phi) is 4.01. The molecule has 0 bridgehead atoms. The number of rotatable bonds is 4. The van der Waals surface area contributed by atoms with E-state index < -0.39 is 10.0 Å². The summed E-state index contributed by atoms with van der Waals surface area (Å²) in [5, 5.41) is 0. The van der Waals surface area contributed by atoms with Gasteiger partial charge in [0.05, 0.1) is 11.4 Å². The maximum absolute atomic E-state index is 12.0. The molecule has 0 saturated carbocycles. The van der Waals surface area contributed by atoms with Gasteiger partial charge in [0.2, 0.25) is 10.0 Å². The highest BCUT2D eigenvalue weighted by Crippen LogP contribution is 2.11. The minimum atomic E-state index is -3.55. The predicted molar refractivity (Wildman–Crippen MR) is 74.9 cm³/mol. The van der Waals surface area contributed by atoms with Crippen LogP contribution in [0.2, 0.25) is 0 Å². The van der Waals surface area contributed by atoms with Crippen LogP contribution in [-0.4, -0.2) is 36.4 Å². The van der Waals surface area contributed by atoms with Gasteiger partial charge >= 0.3 is 0 Å². The average molecular weight is 293 g/mol. The van der Waals surface area contributed by atoms with E-state index in [-0.39, 0.29) is 17.0 Å². The molecule has 106 valence electrons. The van der Waals surface area contributed by atoms with E-state index in [2.05, 4.69) is 4.98 Å². The summed E-state index contributed by atoms with van der Waals surface area (Å²) in [5.74, 6) is 0. The van der Waals surface area contributed by atoms with E-state index in [0.29, 0.717) is 0 Å². The molecule has 7 heteroatoms. The third-order valence-corrected chi connectivity index (χ3v) is 4.61. The SMILES string of the molecule is CN(C)S(=O)(=O)c1ccc(=O)n(Cc2cccnc2)c1. The number of hydrogen-bond acceptors (Lipinski definition) is 4. The molecule has 2 aromatic heterocycles. The van der Waals surface area contributed by atoms with Gasteiger partial charge in [-0.1, -0.05) is 6.07 Å². The van der Waals surface area contributed by atoms with Crippen molar-refractivity contribution in [2.75, 3.05) is 14.1 Å². The van der Waals surface area contributed by atoms with Gasteiger partial charge in [-0.15, -0.1) is 0 Å². The van der Waals surface area contributed by atoms with Gasteiger partial charge < -0.3 is 4.57 Å². The van der Waals surface area contributed by atoms with Crippen molar-refractivity contribution in [3.63, 3.8) is 0 Å². The van der Waals surface area contributed by atoms with Crippen LogP contribution >= 0.6 is 0 Å². The van der Waals surface area contributed by atoms with Crippen molar-refractivity contribution in [2.45, 2.75) is 11.4 Å². The van der Waals surface area contributed by atoms with Gasteiger partial charge in [0.25, 0.3) is 5.56 Å². The first-order chi connectivity index (χ1) is 9.41. The van der Waals surface area contributed by atoms with Crippen LogP contribution in [-0.2, 0) is 16.6 Å². The summed E-state index contributed by atoms with van der Waals surface area (Å²) >= 11 is 0. The highest BCUT2D eigenvalue weighted by molar-refractivity contribution is 7.89. The Labute approximate surface area is 117 Å². The molecule has 0 aliphatic carbocycles. The van der Waals surface area contributed by atoms with Crippen molar-refractivity contribution in [3.05, 3.63) is 58.8 Å². The van der Waals surface area contributed by atoms with Gasteiger partial charge in [0, 0.05) is 38.8 Å². The number of sulfonamides is 1. The number of nitrogens with zero attached hydrogens (tertiary/aromatic N) is 3. The van der Waals surface area contributed by atoms with Crippen LogP contribution in [0.25, 0.3) is 0 Å². The zero-order valence-electron chi connectivity index (χ0n) is 11.2. The van der Waals surface area contributed by atoms with Crippen molar-refractivity contribution >= 4 is 10.0 Å². The highest BCUT2D eigenvalue weighted by atomic mass is 32.2. The van der Waals surface area contributed by atoms with Crippen LogP contribution in [0.3, 0.4) is 0 Å². The van der Waals surface area contributed by atoms with E-state index in [9.17, 15) is 13.2 Å². The molecule has 0 amide bonds. The highest BCUT2D eigenvalue weighted by Gasteiger charge is 2.18. The zero-order chi connectivity index (χ0) is 14.8. The topological polar surface area (TPSA) is 72.3 Å². The van der Waals surface area contributed by atoms with E-state index in [4.69, 9.17) is 0 Å². The molecule has 0 aliphatic heterocycles. The second-order valence-electron chi connectivity index (χ2n) is 4.48. The van der Waals surface area contributed by atoms with Crippen LogP contribution < -0.4 is 5.56 Å². The molecule has 0 aliphatic rings. The average Bonchev–Trinajstić information content (AvgIpc) is 2.42. The molecule has 6 nitrogen and oxygen atoms in total. The number of pyridine rings is 2. The molecule has 0 unspecified atom stereocenters. The van der Waals surface area contributed by atoms with E-state index in [1.807, 2.05) is 6.07 Å². The van der Waals surface area contributed by atoms with Crippen LogP contribution in [0.1, 0.15) is 5.56 Å². The standard InChI is InChI=1S/C13H15N3O3S/c1-15(2)20(18,19)12-5-6-13(17)16(10-12)9-11-4-3-7-14-8-11/h3-8,10H,9H2,1-2H3. The van der Waals surface area contributed by atoms with E-state index in [0.717, 1.165) is 9.87 Å². The minimum Gasteiger partial charge on any atom is -0.310 e. The molecular weight excluding hydrogens is 278 g/mol. The lowest BCUT2D eigenvalue weighted by Crippen LogP contribution is -2.26. The fourth-order valence-corrected chi connectivity index (χ4v) is 2.61. The Morgan fingerprint density at radius 1 is 1.25 bits per heavy atom. The maximum atomic E-state index is 12.0. The first-order valence-electron chi connectivity index (χ1n) is 5.93. The Balaban J connectivity index is 2.43. The summed E-state index contributed by atoms with van der Waals surface area (Å²) in [6.45, 7) is 0.281. The Bertz CT molecular complexity index is 752. The lowest BCUT2D eigenvalue weighted by Gasteiger charge is -2.13. The Morgan fingerprint density at radius 2 is 2.00 bits per heavy atom. The van der Waals surface area contributed by atoms with Crippen LogP contribution in [0, 0.1) is 0 Å². The zero-order valence-corrected chi connectivity index (χ0v) is 12.0. The van der Waals surface area contributed by atoms with E-state index >= 15 is 0 Å². The van der Waals surface area contributed by atoms with Crippen molar-refractivity contribution in [1.82, 2.24) is 13.9 Å². The van der Waals surface area contributed by atoms with Gasteiger partial charge in [-0.25, -0.2) is 12.7 Å². The van der Waals surface area contributed by atoms with Gasteiger partial charge in [-0.2, -0.15) is 0 Å². The summed E-state index contributed by atoms with van der Waals surface area (Å²) in [6, 6.07) is 6.16. The molecule has 0 fully saturated rings. The molecule has 2 heterocycles. The number of aromatic nitrogens is 2. The first-order valence-corrected chi connectivity index (χ1v) is 7.37. The van der Waals surface area contributed by atoms with E-state index in [1.54, 1.807) is 18.5 Å². The molecule has 20 heavy (non-hydrogen) atoms. The molecule has 0 spiro atoms. The van der Waals surface area contributed by atoms with Crippen LogP contribution in [0.4, 0.5) is 0 Å². The van der Waals surface area contributed by atoms with Gasteiger partial charge in [0.15, 0.2) is 0 Å². The molecule has 0 radical (unpaired) electrons. The molecule has 2 rings (SSSR count). The first kappa shape index (κ1) is 14.4. The third-order valence-electron chi connectivity index (χ3n) is 2.81. The quantitative estimate of drug-likeness (QED) is 0.825. The summed E-state index contributed by atoms with van der Waals surface area (Å²) in [5.41, 5.74) is 0.570. The Hall–Kier alpha value is -1.99. The lowest BCUT2D eigenvalue weighted by molar-refractivity contribution is 0.519. The Morgan fingerprint density at radius 3 is 2.60 bits per heavy atom. The second kappa shape index (κ2) is 5.56. The second-order valence-corrected chi connectivity index (χ2v) is 6.63. The molecule has 2 aromatic rings. The fourth-order valence-electron chi connectivity index (χ4n) is 1.68. The molecule has 0 N–H and O–H groups in total. The molecule has 0 saturated heterocycles. The lowest BCUT2D eigenvalue weighted by atomic mass is 10.3. The summed E-state index contributed by atoms with van der Waals surface area (Å²) in [6.07, 6.45) is 4.63. The molecular formula is C13H15N3O3S. The van der Waals surface area contributed by atoms with Crippen molar-refractivity contribution in [3.8, 4) is 0 Å². The minimum absolute atomic E-state index is 0.0889. The van der Waals surface area contributed by atoms with Gasteiger partial charge in [0.1, 0.15) is 0 Å².